The van der Waals surface area contributed by atoms with E-state index in [-0.39, 0.29) is 12.5 Å². The highest BCUT2D eigenvalue weighted by Gasteiger charge is 2.54. The maximum absolute atomic E-state index is 13.1. The minimum absolute atomic E-state index is 0.120. The number of nitrogens with zero attached hydrogens (tertiary/aromatic N) is 1. The third kappa shape index (κ3) is 2.40. The second kappa shape index (κ2) is 5.87. The Kier molecular flexibility index (Phi) is 3.64. The lowest BCUT2D eigenvalue weighted by Crippen LogP contribution is -2.47. The quantitative estimate of drug-likeness (QED) is 0.819. The van der Waals surface area contributed by atoms with Gasteiger partial charge in [-0.05, 0) is 23.8 Å². The van der Waals surface area contributed by atoms with Crippen LogP contribution < -0.4 is 15.8 Å². The average Bonchev–Trinajstić information content (AvgIpc) is 2.87. The fourth-order valence-corrected chi connectivity index (χ4v) is 3.47. The lowest BCUT2D eigenvalue weighted by atomic mass is 9.84. The van der Waals surface area contributed by atoms with Crippen LogP contribution in [0.5, 0.6) is 5.75 Å². The number of fused-ring (bicyclic) bond motifs is 2. The van der Waals surface area contributed by atoms with Crippen LogP contribution in [-0.2, 0) is 16.9 Å². The van der Waals surface area contributed by atoms with Crippen molar-refractivity contribution >= 4 is 17.8 Å². The molecule has 0 radical (unpaired) electrons. The van der Waals surface area contributed by atoms with Crippen molar-refractivity contribution in [1.29, 1.82) is 0 Å². The van der Waals surface area contributed by atoms with E-state index < -0.39 is 17.5 Å². The smallest absolute Gasteiger partial charge is 0.325 e. The molecule has 0 unspecified atom stereocenters. The van der Waals surface area contributed by atoms with Crippen molar-refractivity contribution in [2.24, 2.45) is 5.73 Å². The molecular formula is C19H17N3O4. The van der Waals surface area contributed by atoms with Crippen LogP contribution in [0.25, 0.3) is 0 Å². The summed E-state index contributed by atoms with van der Waals surface area (Å²) in [4.78, 5) is 38.0. The summed E-state index contributed by atoms with van der Waals surface area (Å²) < 4.78 is 5.62. The summed E-state index contributed by atoms with van der Waals surface area (Å²) in [6.07, 6.45) is 0.381. The number of para-hydroxylation sites is 1. The van der Waals surface area contributed by atoms with Crippen molar-refractivity contribution < 1.29 is 19.1 Å². The zero-order valence-corrected chi connectivity index (χ0v) is 13.9. The van der Waals surface area contributed by atoms with E-state index in [1.807, 2.05) is 12.1 Å². The SMILES string of the molecule is NC(=O)c1ccc(CN2C(=O)N[C@@]3(CCOc4ccccc43)C2=O)cc1. The maximum Gasteiger partial charge on any atom is 0.325 e. The molecule has 3 N–H and O–H groups in total. The third-order valence-electron chi connectivity index (χ3n) is 4.84. The highest BCUT2D eigenvalue weighted by atomic mass is 16.5. The third-order valence-corrected chi connectivity index (χ3v) is 4.84. The number of nitrogens with one attached hydrogen (secondary N) is 1. The first-order chi connectivity index (χ1) is 12.5. The van der Waals surface area contributed by atoms with Crippen molar-refractivity contribution in [3.63, 3.8) is 0 Å². The standard InChI is InChI=1S/C19H17N3O4/c20-16(23)13-7-5-12(6-8-13)11-22-17(24)19(21-18(22)25)9-10-26-15-4-2-1-3-14(15)19/h1-8H,9-11H2,(H2,20,23)(H,21,25)/t19-/m1/s1. The molecule has 132 valence electrons. The molecule has 7 heteroatoms. The van der Waals surface area contributed by atoms with Gasteiger partial charge in [0, 0.05) is 17.5 Å². The van der Waals surface area contributed by atoms with Gasteiger partial charge >= 0.3 is 6.03 Å². The highest BCUT2D eigenvalue weighted by molar-refractivity contribution is 6.07. The summed E-state index contributed by atoms with van der Waals surface area (Å²) in [5, 5.41) is 2.86. The van der Waals surface area contributed by atoms with Crippen molar-refractivity contribution in [1.82, 2.24) is 10.2 Å². The number of hydrogen-bond donors (Lipinski definition) is 2. The van der Waals surface area contributed by atoms with Gasteiger partial charge in [0.25, 0.3) is 5.91 Å². The Balaban J connectivity index is 1.63. The Morgan fingerprint density at radius 2 is 1.88 bits per heavy atom. The molecule has 4 amide bonds. The van der Waals surface area contributed by atoms with E-state index in [9.17, 15) is 14.4 Å². The minimum atomic E-state index is -1.08. The molecular weight excluding hydrogens is 334 g/mol. The Labute approximate surface area is 149 Å². The van der Waals surface area contributed by atoms with Crippen LogP contribution in [0.2, 0.25) is 0 Å². The second-order valence-corrected chi connectivity index (χ2v) is 6.38. The summed E-state index contributed by atoms with van der Waals surface area (Å²) in [6.45, 7) is 0.471. The largest absolute Gasteiger partial charge is 0.493 e. The fraction of sp³-hybridized carbons (Fsp3) is 0.211. The first-order valence-electron chi connectivity index (χ1n) is 8.26. The van der Waals surface area contributed by atoms with Crippen molar-refractivity contribution in [3.05, 3.63) is 65.2 Å². The summed E-state index contributed by atoms with van der Waals surface area (Å²) in [5.41, 5.74) is 5.93. The van der Waals surface area contributed by atoms with Crippen LogP contribution >= 0.6 is 0 Å². The molecule has 0 aliphatic carbocycles. The Hall–Kier alpha value is -3.35. The first-order valence-corrected chi connectivity index (χ1v) is 8.26. The topological polar surface area (TPSA) is 102 Å². The van der Waals surface area contributed by atoms with Crippen LogP contribution in [0.3, 0.4) is 0 Å². The van der Waals surface area contributed by atoms with E-state index in [1.165, 1.54) is 4.90 Å². The molecule has 1 spiro atoms. The van der Waals surface area contributed by atoms with Gasteiger partial charge in [0.1, 0.15) is 5.75 Å². The van der Waals surface area contributed by atoms with Crippen LogP contribution in [0.1, 0.15) is 27.9 Å². The molecule has 0 aromatic heterocycles. The molecule has 1 atom stereocenters. The van der Waals surface area contributed by atoms with Crippen LogP contribution in [0.4, 0.5) is 4.79 Å². The molecule has 0 saturated carbocycles. The predicted octanol–water partition coefficient (Wildman–Crippen LogP) is 1.52. The number of nitrogens with two attached hydrogens (primary N) is 1. The molecule has 26 heavy (non-hydrogen) atoms. The second-order valence-electron chi connectivity index (χ2n) is 6.38. The molecule has 2 aromatic rings. The number of imide groups is 1. The van der Waals surface area contributed by atoms with E-state index in [1.54, 1.807) is 36.4 Å². The van der Waals surface area contributed by atoms with Gasteiger partial charge in [-0.15, -0.1) is 0 Å². The molecule has 2 aliphatic heterocycles. The van der Waals surface area contributed by atoms with Gasteiger partial charge in [-0.3, -0.25) is 14.5 Å². The Morgan fingerprint density at radius 1 is 1.15 bits per heavy atom. The molecule has 2 aromatic carbocycles. The fourth-order valence-electron chi connectivity index (χ4n) is 3.47. The number of ether oxygens (including phenoxy) is 1. The molecule has 1 fully saturated rings. The number of carbonyl (C=O) groups is 3. The van der Waals surface area contributed by atoms with Crippen LogP contribution in [-0.4, -0.2) is 29.4 Å². The molecule has 7 nitrogen and oxygen atoms in total. The van der Waals surface area contributed by atoms with Crippen LogP contribution in [0.15, 0.2) is 48.5 Å². The monoisotopic (exact) mass is 351 g/mol. The number of urea groups is 1. The van der Waals surface area contributed by atoms with Gasteiger partial charge in [0.05, 0.1) is 13.2 Å². The summed E-state index contributed by atoms with van der Waals surface area (Å²) in [7, 11) is 0. The first kappa shape index (κ1) is 16.1. The maximum atomic E-state index is 13.1. The van der Waals surface area contributed by atoms with Gasteiger partial charge < -0.3 is 15.8 Å². The van der Waals surface area contributed by atoms with E-state index in [0.717, 1.165) is 5.56 Å². The van der Waals surface area contributed by atoms with Gasteiger partial charge in [0.15, 0.2) is 5.54 Å². The normalized spacial score (nSPS) is 21.3. The predicted molar refractivity (Wildman–Crippen MR) is 92.3 cm³/mol. The lowest BCUT2D eigenvalue weighted by Gasteiger charge is -2.33. The number of hydrogen-bond acceptors (Lipinski definition) is 4. The molecule has 1 saturated heterocycles. The summed E-state index contributed by atoms with van der Waals surface area (Å²) >= 11 is 0. The number of rotatable bonds is 3. The number of primary amides is 1. The highest BCUT2D eigenvalue weighted by Crippen LogP contribution is 2.41. The molecule has 2 aliphatic rings. The van der Waals surface area contributed by atoms with E-state index in [4.69, 9.17) is 10.5 Å². The van der Waals surface area contributed by atoms with E-state index >= 15 is 0 Å². The molecule has 0 bridgehead atoms. The van der Waals surface area contributed by atoms with Gasteiger partial charge in [0.2, 0.25) is 5.91 Å². The summed E-state index contributed by atoms with van der Waals surface area (Å²) in [5.74, 6) is -0.207. The Bertz CT molecular complexity index is 909. The summed E-state index contributed by atoms with van der Waals surface area (Å²) in [6, 6.07) is 13.3. The zero-order valence-electron chi connectivity index (χ0n) is 13.9. The van der Waals surface area contributed by atoms with Crippen LogP contribution in [0, 0.1) is 0 Å². The lowest BCUT2D eigenvalue weighted by molar-refractivity contribution is -0.133. The number of amides is 4. The van der Waals surface area contributed by atoms with Gasteiger partial charge in [-0.2, -0.15) is 0 Å². The molecule has 2 heterocycles. The van der Waals surface area contributed by atoms with Gasteiger partial charge in [-0.25, -0.2) is 4.79 Å². The van der Waals surface area contributed by atoms with Crippen molar-refractivity contribution in [3.8, 4) is 5.75 Å². The minimum Gasteiger partial charge on any atom is -0.493 e. The zero-order chi connectivity index (χ0) is 18.3. The van der Waals surface area contributed by atoms with E-state index in [0.29, 0.717) is 29.9 Å². The van der Waals surface area contributed by atoms with Crippen molar-refractivity contribution in [2.75, 3.05) is 6.61 Å². The van der Waals surface area contributed by atoms with Crippen molar-refractivity contribution in [2.45, 2.75) is 18.5 Å². The number of benzene rings is 2. The van der Waals surface area contributed by atoms with E-state index in [2.05, 4.69) is 5.32 Å². The number of carbonyl (C=O) groups excluding carboxylic acids is 3. The molecule has 4 rings (SSSR count). The Morgan fingerprint density at radius 3 is 2.62 bits per heavy atom. The average molecular weight is 351 g/mol. The van der Waals surface area contributed by atoms with Gasteiger partial charge in [-0.1, -0.05) is 30.3 Å².